The van der Waals surface area contributed by atoms with Crippen molar-refractivity contribution in [1.82, 2.24) is 4.57 Å². The van der Waals surface area contributed by atoms with Gasteiger partial charge in [0.25, 0.3) is 0 Å². The summed E-state index contributed by atoms with van der Waals surface area (Å²) < 4.78 is 2.49. The van der Waals surface area contributed by atoms with Crippen LogP contribution in [0.4, 0.5) is 17.1 Å². The maximum atomic E-state index is 2.49. The molecule has 0 atom stereocenters. The second-order valence-corrected chi connectivity index (χ2v) is 16.3. The number of fused-ring (bicyclic) bond motifs is 14. The summed E-state index contributed by atoms with van der Waals surface area (Å²) in [6.45, 7) is 0. The predicted molar refractivity (Wildman–Crippen MR) is 255 cm³/mol. The first-order chi connectivity index (χ1) is 30.3. The van der Waals surface area contributed by atoms with Crippen LogP contribution < -0.4 is 4.90 Å². The number of rotatable bonds is 5. The van der Waals surface area contributed by atoms with Crippen molar-refractivity contribution >= 4 is 49.6 Å². The van der Waals surface area contributed by atoms with Crippen molar-refractivity contribution in [3.8, 4) is 39.1 Å². The number of para-hydroxylation sites is 3. The molecule has 2 aliphatic carbocycles. The number of benzene rings is 10. The van der Waals surface area contributed by atoms with Crippen molar-refractivity contribution in [2.75, 3.05) is 4.90 Å². The Morgan fingerprint density at radius 1 is 0.311 bits per heavy atom. The van der Waals surface area contributed by atoms with Crippen molar-refractivity contribution in [1.29, 1.82) is 0 Å². The summed E-state index contributed by atoms with van der Waals surface area (Å²) >= 11 is 0. The van der Waals surface area contributed by atoms with Crippen LogP contribution >= 0.6 is 0 Å². The van der Waals surface area contributed by atoms with Gasteiger partial charge < -0.3 is 9.47 Å². The van der Waals surface area contributed by atoms with Gasteiger partial charge in [-0.05, 0) is 110 Å². The van der Waals surface area contributed by atoms with Crippen LogP contribution in [0.1, 0.15) is 22.3 Å². The third-order valence-corrected chi connectivity index (χ3v) is 13.4. The minimum absolute atomic E-state index is 0.442. The highest BCUT2D eigenvalue weighted by Gasteiger charge is 2.52. The van der Waals surface area contributed by atoms with Gasteiger partial charge in [0, 0.05) is 27.5 Å². The molecule has 13 rings (SSSR count). The highest BCUT2D eigenvalue weighted by Crippen LogP contribution is 2.64. The first kappa shape index (κ1) is 34.0. The number of hydrogen-bond donors (Lipinski definition) is 0. The molecule has 0 fully saturated rings. The quantitative estimate of drug-likeness (QED) is 0.169. The highest BCUT2D eigenvalue weighted by atomic mass is 15.1. The summed E-state index contributed by atoms with van der Waals surface area (Å²) in [5.41, 5.74) is 19.7. The highest BCUT2D eigenvalue weighted by molar-refractivity contribution is 6.18. The second kappa shape index (κ2) is 13.0. The van der Waals surface area contributed by atoms with Crippen LogP contribution in [0.2, 0.25) is 0 Å². The number of anilines is 3. The summed E-state index contributed by atoms with van der Waals surface area (Å²) in [4.78, 5) is 2.39. The summed E-state index contributed by atoms with van der Waals surface area (Å²) in [7, 11) is 0. The van der Waals surface area contributed by atoms with E-state index in [9.17, 15) is 0 Å². The number of aromatic nitrogens is 1. The predicted octanol–water partition coefficient (Wildman–Crippen LogP) is 15.4. The molecule has 1 heterocycles. The molecule has 0 N–H and O–H groups in total. The molecule has 0 amide bonds. The average Bonchev–Trinajstić information content (AvgIpc) is 3.94. The minimum Gasteiger partial charge on any atom is -0.310 e. The van der Waals surface area contributed by atoms with E-state index < -0.39 is 5.41 Å². The van der Waals surface area contributed by atoms with Gasteiger partial charge in [0.2, 0.25) is 0 Å². The second-order valence-electron chi connectivity index (χ2n) is 16.3. The summed E-state index contributed by atoms with van der Waals surface area (Å²) in [6, 6.07) is 85.1. The zero-order valence-electron chi connectivity index (χ0n) is 33.3. The van der Waals surface area contributed by atoms with E-state index in [1.807, 2.05) is 0 Å². The molecule has 2 nitrogen and oxygen atoms in total. The van der Waals surface area contributed by atoms with Crippen LogP contribution in [0, 0.1) is 0 Å². The van der Waals surface area contributed by atoms with Gasteiger partial charge in [-0.3, -0.25) is 0 Å². The van der Waals surface area contributed by atoms with Gasteiger partial charge in [0.1, 0.15) is 0 Å². The fourth-order valence-corrected chi connectivity index (χ4v) is 11.1. The molecule has 0 unspecified atom stereocenters. The van der Waals surface area contributed by atoms with Gasteiger partial charge in [0.15, 0.2) is 0 Å². The zero-order valence-corrected chi connectivity index (χ0v) is 33.3. The van der Waals surface area contributed by atoms with Gasteiger partial charge in [-0.1, -0.05) is 182 Å². The molecular weight excluding hydrogens is 737 g/mol. The molecule has 0 bridgehead atoms. The molecule has 1 aromatic heterocycles. The minimum atomic E-state index is -0.442. The normalized spacial score (nSPS) is 13.0. The van der Waals surface area contributed by atoms with Crippen LogP contribution in [0.15, 0.2) is 231 Å². The lowest BCUT2D eigenvalue weighted by Gasteiger charge is -2.32. The van der Waals surface area contributed by atoms with E-state index >= 15 is 0 Å². The van der Waals surface area contributed by atoms with Crippen LogP contribution in [-0.2, 0) is 5.41 Å². The van der Waals surface area contributed by atoms with Crippen LogP contribution in [0.5, 0.6) is 0 Å². The molecule has 2 aliphatic rings. The molecule has 0 radical (unpaired) electrons. The van der Waals surface area contributed by atoms with E-state index in [0.717, 1.165) is 22.7 Å². The Balaban J connectivity index is 1.08. The topological polar surface area (TPSA) is 8.17 Å². The Kier molecular flexibility index (Phi) is 7.26. The van der Waals surface area contributed by atoms with Gasteiger partial charge in [0.05, 0.1) is 27.8 Å². The van der Waals surface area contributed by atoms with Crippen LogP contribution in [0.3, 0.4) is 0 Å². The van der Waals surface area contributed by atoms with Gasteiger partial charge in [-0.25, -0.2) is 0 Å². The van der Waals surface area contributed by atoms with Gasteiger partial charge >= 0.3 is 0 Å². The van der Waals surface area contributed by atoms with Crippen LogP contribution in [-0.4, -0.2) is 4.57 Å². The first-order valence-corrected chi connectivity index (χ1v) is 21.2. The fraction of sp³-hybridized carbons (Fsp3) is 0.0169. The zero-order chi connectivity index (χ0) is 40.1. The summed E-state index contributed by atoms with van der Waals surface area (Å²) in [5, 5.41) is 4.89. The molecule has 0 aliphatic heterocycles. The fourth-order valence-electron chi connectivity index (χ4n) is 11.1. The Morgan fingerprint density at radius 3 is 1.43 bits per heavy atom. The Morgan fingerprint density at radius 2 is 0.754 bits per heavy atom. The maximum Gasteiger partial charge on any atom is 0.0731 e. The monoisotopic (exact) mass is 774 g/mol. The SMILES string of the molecule is c1ccc(N(c2ccccc2)c2cccc3c2c2ccccc2n3-c2cccc3c(-c4cccc5c4C4(c6ccccc6-c6ccccc64)c4ccccc4-5)cccc23)cc1. The van der Waals surface area contributed by atoms with E-state index in [2.05, 4.69) is 240 Å². The molecule has 0 saturated carbocycles. The molecule has 284 valence electrons. The Hall–Kier alpha value is -7.94. The standard InChI is InChI=1S/C59H38N2/c1-3-19-39(20-4-1)60(40-21-5-2-6-22-40)55-37-18-38-56-57(55)49-26-10-14-35-54(49)61(56)53-36-17-28-41-42(27-15-29-46(41)53)47-30-16-31-48-45-25-9-13-34-52(45)59(58(47)48)50-32-11-7-23-43(50)44-24-8-12-33-51(44)59/h1-38H. The molecule has 0 saturated heterocycles. The first-order valence-electron chi connectivity index (χ1n) is 21.2. The summed E-state index contributed by atoms with van der Waals surface area (Å²) in [6.07, 6.45) is 0. The average molecular weight is 775 g/mol. The van der Waals surface area contributed by atoms with Crippen molar-refractivity contribution in [3.63, 3.8) is 0 Å². The summed E-state index contributed by atoms with van der Waals surface area (Å²) in [5.74, 6) is 0. The van der Waals surface area contributed by atoms with Gasteiger partial charge in [-0.15, -0.1) is 0 Å². The smallest absolute Gasteiger partial charge is 0.0731 e. The van der Waals surface area contributed by atoms with E-state index in [-0.39, 0.29) is 0 Å². The van der Waals surface area contributed by atoms with Crippen molar-refractivity contribution in [3.05, 3.63) is 253 Å². The van der Waals surface area contributed by atoms with Gasteiger partial charge in [-0.2, -0.15) is 0 Å². The van der Waals surface area contributed by atoms with E-state index in [1.54, 1.807) is 0 Å². The molecule has 1 spiro atoms. The third-order valence-electron chi connectivity index (χ3n) is 13.4. The van der Waals surface area contributed by atoms with Crippen molar-refractivity contribution < 1.29 is 0 Å². The molecular formula is C59H38N2. The van der Waals surface area contributed by atoms with Crippen molar-refractivity contribution in [2.45, 2.75) is 5.41 Å². The maximum absolute atomic E-state index is 2.49. The number of nitrogens with zero attached hydrogens (tertiary/aromatic N) is 2. The number of hydrogen-bond acceptors (Lipinski definition) is 1. The Labute approximate surface area is 354 Å². The van der Waals surface area contributed by atoms with E-state index in [4.69, 9.17) is 0 Å². The Bertz CT molecular complexity index is 3440. The molecule has 61 heavy (non-hydrogen) atoms. The van der Waals surface area contributed by atoms with Crippen molar-refractivity contribution in [2.24, 2.45) is 0 Å². The van der Waals surface area contributed by atoms with E-state index in [1.165, 1.54) is 88.2 Å². The lowest BCUT2D eigenvalue weighted by Crippen LogP contribution is -2.26. The largest absolute Gasteiger partial charge is 0.310 e. The van der Waals surface area contributed by atoms with Crippen LogP contribution in [0.25, 0.3) is 71.6 Å². The lowest BCUT2D eigenvalue weighted by atomic mass is 9.68. The molecule has 2 heteroatoms. The molecule has 10 aromatic carbocycles. The lowest BCUT2D eigenvalue weighted by molar-refractivity contribution is 0.796. The third kappa shape index (κ3) is 4.62. The van der Waals surface area contributed by atoms with E-state index in [0.29, 0.717) is 0 Å². The molecule has 11 aromatic rings.